The Balaban J connectivity index is 2.12. The number of hydrogen-bond donors (Lipinski definition) is 2. The van der Waals surface area contributed by atoms with Gasteiger partial charge in [0.05, 0.1) is 0 Å². The smallest absolute Gasteiger partial charge is 0.251 e. The number of rotatable bonds is 7. The van der Waals surface area contributed by atoms with Gasteiger partial charge in [-0.1, -0.05) is 18.2 Å². The first-order valence-corrected chi connectivity index (χ1v) is 9.15. The molecule has 5 heteroatoms. The summed E-state index contributed by atoms with van der Waals surface area (Å²) in [5, 5.41) is 5.70. The number of nitrogens with one attached hydrogen (secondary N) is 2. The molecule has 5 nitrogen and oxygen atoms in total. The van der Waals surface area contributed by atoms with E-state index < -0.39 is 0 Å². The van der Waals surface area contributed by atoms with Gasteiger partial charge in [-0.05, 0) is 75.3 Å². The van der Waals surface area contributed by atoms with Crippen molar-refractivity contribution in [1.82, 2.24) is 15.5 Å². The molecule has 0 saturated heterocycles. The molecule has 0 aromatic heterocycles. The molecule has 0 bridgehead atoms. The molecule has 0 spiro atoms. The molecule has 144 valence electrons. The van der Waals surface area contributed by atoms with Crippen LogP contribution in [0.4, 0.5) is 0 Å². The lowest BCUT2D eigenvalue weighted by atomic mass is 9.93. The van der Waals surface area contributed by atoms with Crippen LogP contribution in [0.5, 0.6) is 0 Å². The standard InChI is InChI=1S/C22H29N3O2/c1-15-11-18(21(26)23-3)12-16(2)20(15)13-19(25(4)5)14-24-22(27)17-9-7-6-8-10-17/h6-12,19H,13-14H2,1-5H3,(H,23,26)(H,24,27)/t19-/m0/s1. The van der Waals surface area contributed by atoms with Crippen LogP contribution >= 0.6 is 0 Å². The molecule has 2 N–H and O–H groups in total. The van der Waals surface area contributed by atoms with Crippen molar-refractivity contribution in [2.24, 2.45) is 0 Å². The topological polar surface area (TPSA) is 61.4 Å². The largest absolute Gasteiger partial charge is 0.355 e. The fourth-order valence-corrected chi connectivity index (χ4v) is 3.17. The zero-order chi connectivity index (χ0) is 20.0. The average Bonchev–Trinajstić information content (AvgIpc) is 2.66. The number of benzene rings is 2. The van der Waals surface area contributed by atoms with E-state index in [1.54, 1.807) is 7.05 Å². The highest BCUT2D eigenvalue weighted by molar-refractivity contribution is 5.94. The van der Waals surface area contributed by atoms with Crippen molar-refractivity contribution in [2.45, 2.75) is 26.3 Å². The van der Waals surface area contributed by atoms with Crippen molar-refractivity contribution in [2.75, 3.05) is 27.7 Å². The number of amides is 2. The maximum Gasteiger partial charge on any atom is 0.251 e. The van der Waals surface area contributed by atoms with Gasteiger partial charge in [0.15, 0.2) is 0 Å². The first-order valence-electron chi connectivity index (χ1n) is 9.15. The molecule has 2 aromatic carbocycles. The van der Waals surface area contributed by atoms with Crippen LogP contribution in [0.25, 0.3) is 0 Å². The van der Waals surface area contributed by atoms with E-state index in [1.807, 2.05) is 70.4 Å². The molecule has 0 aliphatic carbocycles. The van der Waals surface area contributed by atoms with Crippen molar-refractivity contribution in [1.29, 1.82) is 0 Å². The van der Waals surface area contributed by atoms with E-state index in [0.717, 1.165) is 17.5 Å². The molecule has 0 heterocycles. The Morgan fingerprint density at radius 1 is 0.963 bits per heavy atom. The highest BCUT2D eigenvalue weighted by atomic mass is 16.2. The van der Waals surface area contributed by atoms with Crippen molar-refractivity contribution >= 4 is 11.8 Å². The number of aryl methyl sites for hydroxylation is 2. The molecule has 0 saturated carbocycles. The normalized spacial score (nSPS) is 11.9. The van der Waals surface area contributed by atoms with E-state index >= 15 is 0 Å². The Morgan fingerprint density at radius 2 is 1.56 bits per heavy atom. The lowest BCUT2D eigenvalue weighted by Gasteiger charge is -2.26. The third-order valence-electron chi connectivity index (χ3n) is 4.89. The summed E-state index contributed by atoms with van der Waals surface area (Å²) in [4.78, 5) is 26.4. The summed E-state index contributed by atoms with van der Waals surface area (Å²) in [6.45, 7) is 4.62. The van der Waals surface area contributed by atoms with Crippen molar-refractivity contribution < 1.29 is 9.59 Å². The molecule has 0 fully saturated rings. The van der Waals surface area contributed by atoms with Gasteiger partial charge < -0.3 is 15.5 Å². The van der Waals surface area contributed by atoms with E-state index in [9.17, 15) is 9.59 Å². The second-order valence-electron chi connectivity index (χ2n) is 7.07. The first-order chi connectivity index (χ1) is 12.8. The lowest BCUT2D eigenvalue weighted by molar-refractivity contribution is 0.0938. The number of likely N-dealkylation sites (N-methyl/N-ethyl adjacent to an activating group) is 1. The molecule has 1 atom stereocenters. The van der Waals surface area contributed by atoms with Crippen LogP contribution < -0.4 is 10.6 Å². The Labute approximate surface area is 161 Å². The molecular formula is C22H29N3O2. The van der Waals surface area contributed by atoms with Gasteiger partial charge in [0.2, 0.25) is 0 Å². The van der Waals surface area contributed by atoms with Gasteiger partial charge in [0.1, 0.15) is 0 Å². The Kier molecular flexibility index (Phi) is 7.13. The number of carbonyl (C=O) groups is 2. The van der Waals surface area contributed by atoms with Crippen LogP contribution in [0.2, 0.25) is 0 Å². The molecule has 2 aromatic rings. The van der Waals surface area contributed by atoms with Crippen LogP contribution in [-0.4, -0.2) is 50.4 Å². The third-order valence-corrected chi connectivity index (χ3v) is 4.89. The monoisotopic (exact) mass is 367 g/mol. The highest BCUT2D eigenvalue weighted by Crippen LogP contribution is 2.20. The predicted octanol–water partition coefficient (Wildman–Crippen LogP) is 2.57. The quantitative estimate of drug-likeness (QED) is 0.791. The summed E-state index contributed by atoms with van der Waals surface area (Å²) in [5.74, 6) is -0.141. The number of carbonyl (C=O) groups excluding carboxylic acids is 2. The van der Waals surface area contributed by atoms with E-state index in [-0.39, 0.29) is 17.9 Å². The summed E-state index contributed by atoms with van der Waals surface area (Å²) >= 11 is 0. The fraction of sp³-hybridized carbons (Fsp3) is 0.364. The van der Waals surface area contributed by atoms with Crippen molar-refractivity contribution in [3.8, 4) is 0 Å². The van der Waals surface area contributed by atoms with E-state index in [2.05, 4.69) is 15.5 Å². The average molecular weight is 367 g/mol. The van der Waals surface area contributed by atoms with Gasteiger partial charge in [-0.3, -0.25) is 9.59 Å². The molecular weight excluding hydrogens is 338 g/mol. The van der Waals surface area contributed by atoms with Gasteiger partial charge in [0.25, 0.3) is 11.8 Å². The minimum atomic E-state index is -0.0768. The van der Waals surface area contributed by atoms with Crippen LogP contribution in [0.15, 0.2) is 42.5 Å². The van der Waals surface area contributed by atoms with E-state index in [4.69, 9.17) is 0 Å². The Bertz CT molecular complexity index is 777. The zero-order valence-corrected chi connectivity index (χ0v) is 16.8. The zero-order valence-electron chi connectivity index (χ0n) is 16.8. The molecule has 2 amide bonds. The first kappa shape index (κ1) is 20.6. The molecule has 27 heavy (non-hydrogen) atoms. The fourth-order valence-electron chi connectivity index (χ4n) is 3.17. The van der Waals surface area contributed by atoms with Crippen LogP contribution in [0.3, 0.4) is 0 Å². The van der Waals surface area contributed by atoms with Gasteiger partial charge in [-0.25, -0.2) is 0 Å². The summed E-state index contributed by atoms with van der Waals surface area (Å²) in [5.41, 5.74) is 4.74. The van der Waals surface area contributed by atoms with Gasteiger partial charge in [-0.2, -0.15) is 0 Å². The maximum atomic E-state index is 12.3. The third kappa shape index (κ3) is 5.41. The Morgan fingerprint density at radius 3 is 2.07 bits per heavy atom. The molecule has 0 aliphatic heterocycles. The van der Waals surface area contributed by atoms with Crippen molar-refractivity contribution in [3.63, 3.8) is 0 Å². The Hall–Kier alpha value is -2.66. The number of hydrogen-bond acceptors (Lipinski definition) is 3. The van der Waals surface area contributed by atoms with Gasteiger partial charge in [-0.15, -0.1) is 0 Å². The molecule has 2 rings (SSSR count). The maximum absolute atomic E-state index is 12.3. The second kappa shape index (κ2) is 9.33. The van der Waals surface area contributed by atoms with Gasteiger partial charge >= 0.3 is 0 Å². The SMILES string of the molecule is CNC(=O)c1cc(C)c(C[C@@H](CNC(=O)c2ccccc2)N(C)C)c(C)c1. The van der Waals surface area contributed by atoms with E-state index in [1.165, 1.54) is 5.56 Å². The molecule has 0 unspecified atom stereocenters. The van der Waals surface area contributed by atoms with Gasteiger partial charge in [0, 0.05) is 30.8 Å². The predicted molar refractivity (Wildman–Crippen MR) is 109 cm³/mol. The highest BCUT2D eigenvalue weighted by Gasteiger charge is 2.18. The molecule has 0 radical (unpaired) electrons. The summed E-state index contributed by atoms with van der Waals surface area (Å²) in [6, 6.07) is 13.2. The minimum Gasteiger partial charge on any atom is -0.355 e. The van der Waals surface area contributed by atoms with Crippen LogP contribution in [0.1, 0.15) is 37.4 Å². The summed E-state index contributed by atoms with van der Waals surface area (Å²) in [7, 11) is 5.67. The van der Waals surface area contributed by atoms with Crippen molar-refractivity contribution in [3.05, 3.63) is 70.3 Å². The molecule has 0 aliphatic rings. The number of nitrogens with zero attached hydrogens (tertiary/aromatic N) is 1. The summed E-state index contributed by atoms with van der Waals surface area (Å²) in [6.07, 6.45) is 0.799. The van der Waals surface area contributed by atoms with E-state index in [0.29, 0.717) is 17.7 Å². The minimum absolute atomic E-state index is 0.0640. The second-order valence-corrected chi connectivity index (χ2v) is 7.07. The van der Waals surface area contributed by atoms with Crippen LogP contribution in [-0.2, 0) is 6.42 Å². The summed E-state index contributed by atoms with van der Waals surface area (Å²) < 4.78 is 0. The lowest BCUT2D eigenvalue weighted by Crippen LogP contribution is -2.41. The van der Waals surface area contributed by atoms with Crippen LogP contribution in [0, 0.1) is 13.8 Å².